The molecule has 136 valence electrons. The van der Waals surface area contributed by atoms with Crippen LogP contribution in [0.4, 0.5) is 0 Å². The first-order valence-electron chi connectivity index (χ1n) is 8.49. The molecule has 1 atom stereocenters. The van der Waals surface area contributed by atoms with Crippen molar-refractivity contribution >= 4 is 21.8 Å². The predicted molar refractivity (Wildman–Crippen MR) is 101 cm³/mol. The van der Waals surface area contributed by atoms with Gasteiger partial charge in [0.1, 0.15) is 11.9 Å². The summed E-state index contributed by atoms with van der Waals surface area (Å²) in [7, 11) is -3.59. The molecule has 0 aliphatic carbocycles. The lowest BCUT2D eigenvalue weighted by Crippen LogP contribution is -2.34. The molecule has 1 aliphatic rings. The summed E-state index contributed by atoms with van der Waals surface area (Å²) in [5.41, 5.74) is 1.73. The zero-order valence-corrected chi connectivity index (χ0v) is 15.3. The number of hydrogen-bond donors (Lipinski definition) is 2. The average Bonchev–Trinajstić information content (AvgIpc) is 2.90. The summed E-state index contributed by atoms with van der Waals surface area (Å²) in [5.74, 6) is -0.0123. The van der Waals surface area contributed by atoms with Crippen molar-refractivity contribution in [2.75, 3.05) is 6.54 Å². The summed E-state index contributed by atoms with van der Waals surface area (Å²) >= 11 is 0. The highest BCUT2D eigenvalue weighted by molar-refractivity contribution is 7.90. The summed E-state index contributed by atoms with van der Waals surface area (Å²) in [5, 5.41) is 2.85. The second-order valence-electron chi connectivity index (χ2n) is 6.14. The third-order valence-electron chi connectivity index (χ3n) is 4.15. The van der Waals surface area contributed by atoms with E-state index in [2.05, 4.69) is 27.2 Å². The Morgan fingerprint density at radius 2 is 1.81 bits per heavy atom. The molecule has 0 bridgehead atoms. The van der Waals surface area contributed by atoms with Gasteiger partial charge in [-0.15, -0.1) is 0 Å². The number of benzene rings is 2. The number of nitrogens with one attached hydrogen (secondary N) is 2. The monoisotopic (exact) mass is 371 g/mol. The molecule has 0 fully saturated rings. The number of sulfonamides is 1. The average molecular weight is 371 g/mol. The number of amides is 1. The number of carbonyl (C=O) groups excluding carboxylic acids is 1. The van der Waals surface area contributed by atoms with Crippen LogP contribution in [0, 0.1) is 0 Å². The van der Waals surface area contributed by atoms with Crippen molar-refractivity contribution in [1.82, 2.24) is 10.0 Å². The van der Waals surface area contributed by atoms with Crippen LogP contribution in [0.15, 0.2) is 64.5 Å². The van der Waals surface area contributed by atoms with Crippen LogP contribution < -0.4 is 10.0 Å². The number of carbonyl (C=O) groups is 1. The quantitative estimate of drug-likeness (QED) is 0.760. The van der Waals surface area contributed by atoms with E-state index in [0.717, 1.165) is 12.8 Å². The summed E-state index contributed by atoms with van der Waals surface area (Å²) in [4.78, 5) is 16.7. The molecule has 6 nitrogen and oxygen atoms in total. The number of hydrogen-bond acceptors (Lipinski definition) is 4. The van der Waals surface area contributed by atoms with Crippen molar-refractivity contribution in [3.63, 3.8) is 0 Å². The molecule has 1 aliphatic heterocycles. The lowest BCUT2D eigenvalue weighted by Gasteiger charge is -2.10. The van der Waals surface area contributed by atoms with Crippen LogP contribution in [0.2, 0.25) is 0 Å². The minimum Gasteiger partial charge on any atom is -0.354 e. The van der Waals surface area contributed by atoms with Crippen LogP contribution in [-0.2, 0) is 21.2 Å². The van der Waals surface area contributed by atoms with E-state index in [0.29, 0.717) is 12.1 Å². The standard InChI is InChI=1S/C19H21N3O3S/c1-14(19(23)20-13-7-10-15-8-3-2-4-9-15)21-18-16-11-5-6-12-17(16)26(24,25)22-18/h2-6,8-9,11-12,14H,7,10,13H2,1H3,(H,20,23)(H,21,22)/t14-/m1/s1. The fraction of sp³-hybridized carbons (Fsp3) is 0.263. The van der Waals surface area contributed by atoms with E-state index in [1.54, 1.807) is 25.1 Å². The smallest absolute Gasteiger partial charge is 0.263 e. The molecular weight excluding hydrogens is 350 g/mol. The Hall–Kier alpha value is -2.67. The van der Waals surface area contributed by atoms with Gasteiger partial charge in [0.05, 0.1) is 4.90 Å². The molecule has 2 N–H and O–H groups in total. The van der Waals surface area contributed by atoms with Gasteiger partial charge in [-0.3, -0.25) is 14.5 Å². The fourth-order valence-electron chi connectivity index (χ4n) is 2.78. The third kappa shape index (κ3) is 4.11. The van der Waals surface area contributed by atoms with Crippen molar-refractivity contribution in [3.8, 4) is 0 Å². The van der Waals surface area contributed by atoms with E-state index < -0.39 is 16.1 Å². The van der Waals surface area contributed by atoms with Gasteiger partial charge in [-0.2, -0.15) is 0 Å². The minimum atomic E-state index is -3.59. The van der Waals surface area contributed by atoms with Gasteiger partial charge in [0.2, 0.25) is 5.91 Å². The maximum absolute atomic E-state index is 12.2. The number of fused-ring (bicyclic) bond motifs is 1. The third-order valence-corrected chi connectivity index (χ3v) is 5.55. The first kappa shape index (κ1) is 18.1. The lowest BCUT2D eigenvalue weighted by atomic mass is 10.1. The molecule has 2 aromatic rings. The zero-order chi connectivity index (χ0) is 18.6. The molecule has 0 radical (unpaired) electrons. The Balaban J connectivity index is 1.57. The molecule has 1 amide bonds. The van der Waals surface area contributed by atoms with Gasteiger partial charge in [-0.25, -0.2) is 8.42 Å². The number of rotatable bonds is 6. The Morgan fingerprint density at radius 1 is 1.12 bits per heavy atom. The maximum atomic E-state index is 12.2. The highest BCUT2D eigenvalue weighted by Gasteiger charge is 2.31. The fourth-order valence-corrected chi connectivity index (χ4v) is 4.02. The number of aryl methyl sites for hydroxylation is 1. The Morgan fingerprint density at radius 3 is 2.58 bits per heavy atom. The molecule has 26 heavy (non-hydrogen) atoms. The van der Waals surface area contributed by atoms with Gasteiger partial charge in [-0.1, -0.05) is 42.5 Å². The van der Waals surface area contributed by atoms with Gasteiger partial charge in [0.25, 0.3) is 10.0 Å². The van der Waals surface area contributed by atoms with E-state index in [9.17, 15) is 13.2 Å². The lowest BCUT2D eigenvalue weighted by molar-refractivity contribution is -0.121. The van der Waals surface area contributed by atoms with E-state index in [1.165, 1.54) is 11.6 Å². The van der Waals surface area contributed by atoms with Gasteiger partial charge in [0.15, 0.2) is 0 Å². The van der Waals surface area contributed by atoms with E-state index >= 15 is 0 Å². The van der Waals surface area contributed by atoms with Crippen molar-refractivity contribution < 1.29 is 13.2 Å². The highest BCUT2D eigenvalue weighted by Crippen LogP contribution is 2.22. The molecule has 0 saturated heterocycles. The van der Waals surface area contributed by atoms with Gasteiger partial charge in [-0.05, 0) is 37.5 Å². The normalized spacial score (nSPS) is 17.3. The van der Waals surface area contributed by atoms with Crippen LogP contribution >= 0.6 is 0 Å². The molecule has 3 rings (SSSR count). The minimum absolute atomic E-state index is 0.189. The van der Waals surface area contributed by atoms with Gasteiger partial charge >= 0.3 is 0 Å². The van der Waals surface area contributed by atoms with E-state index in [-0.39, 0.29) is 16.6 Å². The van der Waals surface area contributed by atoms with Crippen LogP contribution in [0.1, 0.15) is 24.5 Å². The van der Waals surface area contributed by atoms with Crippen LogP contribution in [0.3, 0.4) is 0 Å². The SMILES string of the molecule is C[C@@H](N=C1NS(=O)(=O)c2ccccc21)C(=O)NCCCc1ccccc1. The molecule has 2 aromatic carbocycles. The molecule has 0 saturated carbocycles. The predicted octanol–water partition coefficient (Wildman–Crippen LogP) is 1.86. The number of nitrogens with zero attached hydrogens (tertiary/aromatic N) is 1. The second kappa shape index (κ2) is 7.70. The summed E-state index contributed by atoms with van der Waals surface area (Å²) < 4.78 is 26.5. The summed E-state index contributed by atoms with van der Waals surface area (Å²) in [6, 6.07) is 16.0. The second-order valence-corrected chi connectivity index (χ2v) is 7.79. The van der Waals surface area contributed by atoms with Crippen LogP contribution in [0.5, 0.6) is 0 Å². The molecule has 0 spiro atoms. The Bertz CT molecular complexity index is 924. The topological polar surface area (TPSA) is 87.6 Å². The van der Waals surface area contributed by atoms with Crippen molar-refractivity contribution in [2.24, 2.45) is 4.99 Å². The number of amidine groups is 1. The number of aliphatic imine (C=N–C) groups is 1. The van der Waals surface area contributed by atoms with Crippen molar-refractivity contribution in [3.05, 3.63) is 65.7 Å². The van der Waals surface area contributed by atoms with Crippen molar-refractivity contribution in [1.29, 1.82) is 0 Å². The van der Waals surface area contributed by atoms with Gasteiger partial charge < -0.3 is 5.32 Å². The van der Waals surface area contributed by atoms with E-state index in [1.807, 2.05) is 18.2 Å². The summed E-state index contributed by atoms with van der Waals surface area (Å²) in [6.45, 7) is 2.19. The van der Waals surface area contributed by atoms with Gasteiger partial charge in [0, 0.05) is 12.1 Å². The van der Waals surface area contributed by atoms with Crippen LogP contribution in [-0.4, -0.2) is 32.7 Å². The molecule has 0 unspecified atom stereocenters. The van der Waals surface area contributed by atoms with Crippen molar-refractivity contribution in [2.45, 2.75) is 30.7 Å². The first-order valence-corrected chi connectivity index (χ1v) is 9.97. The summed E-state index contributed by atoms with van der Waals surface area (Å²) in [6.07, 6.45) is 1.71. The molecule has 0 aromatic heterocycles. The molecule has 7 heteroatoms. The molecule has 1 heterocycles. The zero-order valence-electron chi connectivity index (χ0n) is 14.5. The first-order chi connectivity index (χ1) is 12.5. The Kier molecular flexibility index (Phi) is 5.37. The highest BCUT2D eigenvalue weighted by atomic mass is 32.2. The Labute approximate surface area is 153 Å². The largest absolute Gasteiger partial charge is 0.354 e. The molecular formula is C19H21N3O3S. The van der Waals surface area contributed by atoms with E-state index in [4.69, 9.17) is 0 Å². The van der Waals surface area contributed by atoms with Crippen LogP contribution in [0.25, 0.3) is 0 Å². The maximum Gasteiger partial charge on any atom is 0.263 e.